The molecule has 3 aromatic carbocycles. The third-order valence-corrected chi connectivity index (χ3v) is 7.85. The molecular weight excluding hydrogens is 510 g/mol. The van der Waals surface area contributed by atoms with E-state index >= 15 is 0 Å². The minimum atomic E-state index is -1.53. The summed E-state index contributed by atoms with van der Waals surface area (Å²) in [4.78, 5) is 28.7. The lowest BCUT2D eigenvalue weighted by atomic mass is 9.52. The van der Waals surface area contributed by atoms with Crippen LogP contribution in [0, 0.1) is 11.8 Å². The molecule has 0 radical (unpaired) electrons. The van der Waals surface area contributed by atoms with Gasteiger partial charge in [-0.3, -0.25) is 9.59 Å². The molecule has 3 aromatic rings. The van der Waals surface area contributed by atoms with E-state index in [0.29, 0.717) is 10.2 Å². The Hall–Kier alpha value is -2.28. The molecule has 2 amide bonds. The van der Waals surface area contributed by atoms with Gasteiger partial charge < -0.3 is 5.11 Å². The molecule has 2 bridgehead atoms. The summed E-state index contributed by atoms with van der Waals surface area (Å²) in [6.45, 7) is 0. The van der Waals surface area contributed by atoms with Crippen molar-refractivity contribution in [2.24, 2.45) is 11.8 Å². The van der Waals surface area contributed by atoms with Gasteiger partial charge in [-0.25, -0.2) is 4.90 Å². The molecule has 2 unspecified atom stereocenters. The Labute approximate surface area is 189 Å². The number of nitrogens with zero attached hydrogens (tertiary/aromatic N) is 1. The number of aliphatic hydroxyl groups is 1. The van der Waals surface area contributed by atoms with E-state index in [2.05, 4.69) is 31.9 Å². The van der Waals surface area contributed by atoms with Crippen molar-refractivity contribution in [3.8, 4) is 0 Å². The summed E-state index contributed by atoms with van der Waals surface area (Å²) in [6, 6.07) is 20.6. The Kier molecular flexibility index (Phi) is 3.77. The second-order valence-electron chi connectivity index (χ2n) is 8.03. The maximum Gasteiger partial charge on any atom is 0.241 e. The molecule has 4 nitrogen and oxygen atoms in total. The number of carbonyl (C=O) groups excluding carboxylic acids is 2. The molecular formula is C24H15Br2NO3. The molecule has 1 N–H and O–H groups in total. The van der Waals surface area contributed by atoms with E-state index in [-0.39, 0.29) is 17.7 Å². The van der Waals surface area contributed by atoms with E-state index in [1.807, 2.05) is 54.6 Å². The van der Waals surface area contributed by atoms with Gasteiger partial charge in [0.25, 0.3) is 0 Å². The van der Waals surface area contributed by atoms with Gasteiger partial charge in [0.2, 0.25) is 11.8 Å². The molecule has 6 heteroatoms. The van der Waals surface area contributed by atoms with Gasteiger partial charge in [-0.2, -0.15) is 0 Å². The zero-order chi connectivity index (χ0) is 20.8. The minimum Gasteiger partial charge on any atom is -0.379 e. The summed E-state index contributed by atoms with van der Waals surface area (Å²) in [7, 11) is 0. The van der Waals surface area contributed by atoms with Gasteiger partial charge >= 0.3 is 0 Å². The fraction of sp³-hybridized carbons (Fsp3) is 0.167. The first-order valence-electron chi connectivity index (χ1n) is 9.68. The molecule has 0 saturated carbocycles. The average Bonchev–Trinajstić information content (AvgIpc) is 3.01. The number of halogens is 2. The summed E-state index contributed by atoms with van der Waals surface area (Å²) >= 11 is 6.90. The predicted molar refractivity (Wildman–Crippen MR) is 119 cm³/mol. The SMILES string of the molecule is O=C1C2C3c4ccccc4C(O)(c4ccccc43)C2C(=O)N1c1ccc(Br)cc1Br. The molecule has 30 heavy (non-hydrogen) atoms. The molecule has 1 fully saturated rings. The number of imide groups is 1. The van der Waals surface area contributed by atoms with Crippen molar-refractivity contribution in [3.63, 3.8) is 0 Å². The maximum atomic E-state index is 13.7. The van der Waals surface area contributed by atoms with Gasteiger partial charge in [0.05, 0.1) is 17.5 Å². The lowest BCUT2D eigenvalue weighted by Crippen LogP contribution is -2.53. The van der Waals surface area contributed by atoms with Gasteiger partial charge in [-0.1, -0.05) is 64.5 Å². The van der Waals surface area contributed by atoms with E-state index in [1.165, 1.54) is 4.90 Å². The highest BCUT2D eigenvalue weighted by atomic mass is 79.9. The highest BCUT2D eigenvalue weighted by Crippen LogP contribution is 2.63. The Bertz CT molecular complexity index is 1220. The zero-order valence-corrected chi connectivity index (χ0v) is 18.7. The smallest absolute Gasteiger partial charge is 0.241 e. The first-order valence-corrected chi connectivity index (χ1v) is 11.3. The zero-order valence-electron chi connectivity index (χ0n) is 15.5. The fourth-order valence-corrected chi connectivity index (χ4v) is 6.86. The molecule has 0 spiro atoms. The van der Waals surface area contributed by atoms with Crippen LogP contribution >= 0.6 is 31.9 Å². The number of rotatable bonds is 1. The number of hydrogen-bond acceptors (Lipinski definition) is 3. The third-order valence-electron chi connectivity index (χ3n) is 6.72. The Morgan fingerprint density at radius 1 is 0.833 bits per heavy atom. The molecule has 7 rings (SSSR count). The normalized spacial score (nSPS) is 28.4. The van der Waals surface area contributed by atoms with Gasteiger partial charge in [-0.15, -0.1) is 0 Å². The largest absolute Gasteiger partial charge is 0.379 e. The standard InChI is InChI=1S/C24H15Br2NO3/c25-12-9-10-18(17(26)11-12)27-22(28)20-19-13-5-1-3-7-15(13)24(30,21(20)23(27)29)16-8-4-2-6-14(16)19/h1-11,19-21,30H. The molecule has 1 aliphatic heterocycles. The predicted octanol–water partition coefficient (Wildman–Crippen LogP) is 4.71. The van der Waals surface area contributed by atoms with E-state index in [1.54, 1.807) is 12.1 Å². The van der Waals surface area contributed by atoms with Gasteiger partial charge in [-0.05, 0) is 56.4 Å². The lowest BCUT2D eigenvalue weighted by Gasteiger charge is -2.51. The van der Waals surface area contributed by atoms with Crippen molar-refractivity contribution in [1.29, 1.82) is 0 Å². The Balaban J connectivity index is 1.62. The summed E-state index contributed by atoms with van der Waals surface area (Å²) in [5.41, 5.74) is 2.28. The van der Waals surface area contributed by atoms with Gasteiger partial charge in [0, 0.05) is 14.9 Å². The first kappa shape index (κ1) is 18.5. The van der Waals surface area contributed by atoms with Crippen LogP contribution in [-0.4, -0.2) is 16.9 Å². The van der Waals surface area contributed by atoms with E-state index in [9.17, 15) is 14.7 Å². The number of anilines is 1. The van der Waals surface area contributed by atoms with Crippen LogP contribution in [0.4, 0.5) is 5.69 Å². The molecule has 148 valence electrons. The summed E-state index contributed by atoms with van der Waals surface area (Å²) in [5, 5.41) is 12.1. The Morgan fingerprint density at radius 2 is 1.43 bits per heavy atom. The Morgan fingerprint density at radius 3 is 2.03 bits per heavy atom. The van der Waals surface area contributed by atoms with E-state index in [4.69, 9.17) is 0 Å². The van der Waals surface area contributed by atoms with Crippen LogP contribution in [0.25, 0.3) is 0 Å². The van der Waals surface area contributed by atoms with Crippen molar-refractivity contribution < 1.29 is 14.7 Å². The number of amides is 2. The monoisotopic (exact) mass is 523 g/mol. The van der Waals surface area contributed by atoms with Crippen LogP contribution in [0.2, 0.25) is 0 Å². The van der Waals surface area contributed by atoms with Crippen LogP contribution < -0.4 is 4.90 Å². The molecule has 4 aliphatic rings. The highest BCUT2D eigenvalue weighted by Gasteiger charge is 2.68. The quantitative estimate of drug-likeness (QED) is 0.469. The second-order valence-corrected chi connectivity index (χ2v) is 9.80. The molecule has 3 aliphatic carbocycles. The van der Waals surface area contributed by atoms with Crippen molar-refractivity contribution >= 4 is 49.4 Å². The summed E-state index contributed by atoms with van der Waals surface area (Å²) in [6.07, 6.45) is 0. The number of carbonyl (C=O) groups is 2. The van der Waals surface area contributed by atoms with Crippen LogP contribution in [-0.2, 0) is 15.2 Å². The molecule has 2 atom stereocenters. The molecule has 1 saturated heterocycles. The number of hydrogen-bond donors (Lipinski definition) is 1. The van der Waals surface area contributed by atoms with Crippen LogP contribution in [0.15, 0.2) is 75.7 Å². The fourth-order valence-electron chi connectivity index (χ4n) is 5.63. The summed E-state index contributed by atoms with van der Waals surface area (Å²) in [5.74, 6) is -2.37. The van der Waals surface area contributed by atoms with Gasteiger partial charge in [0.1, 0.15) is 5.60 Å². The van der Waals surface area contributed by atoms with Crippen molar-refractivity contribution in [1.82, 2.24) is 0 Å². The highest BCUT2D eigenvalue weighted by molar-refractivity contribution is 9.11. The average molecular weight is 525 g/mol. The minimum absolute atomic E-state index is 0.257. The van der Waals surface area contributed by atoms with E-state index in [0.717, 1.165) is 26.7 Å². The van der Waals surface area contributed by atoms with Crippen LogP contribution in [0.3, 0.4) is 0 Å². The first-order chi connectivity index (χ1) is 14.4. The maximum absolute atomic E-state index is 13.7. The van der Waals surface area contributed by atoms with Crippen LogP contribution in [0.1, 0.15) is 28.2 Å². The van der Waals surface area contributed by atoms with Crippen LogP contribution in [0.5, 0.6) is 0 Å². The molecule has 1 heterocycles. The second kappa shape index (κ2) is 6.13. The molecule has 0 aromatic heterocycles. The van der Waals surface area contributed by atoms with E-state index < -0.39 is 17.4 Å². The third kappa shape index (κ3) is 2.09. The number of benzene rings is 3. The topological polar surface area (TPSA) is 57.6 Å². The van der Waals surface area contributed by atoms with Gasteiger partial charge in [0.15, 0.2) is 0 Å². The lowest BCUT2D eigenvalue weighted by molar-refractivity contribution is -0.133. The summed E-state index contributed by atoms with van der Waals surface area (Å²) < 4.78 is 1.49. The van der Waals surface area contributed by atoms with Crippen molar-refractivity contribution in [3.05, 3.63) is 97.9 Å². The van der Waals surface area contributed by atoms with Crippen molar-refractivity contribution in [2.75, 3.05) is 4.90 Å². The van der Waals surface area contributed by atoms with Crippen molar-refractivity contribution in [2.45, 2.75) is 11.5 Å².